The Morgan fingerprint density at radius 1 is 1.40 bits per heavy atom. The van der Waals surface area contributed by atoms with E-state index in [4.69, 9.17) is 10.5 Å². The highest BCUT2D eigenvalue weighted by atomic mass is 16.5. The average molecular weight is 275 g/mol. The van der Waals surface area contributed by atoms with Crippen molar-refractivity contribution in [2.24, 2.45) is 0 Å². The quantitative estimate of drug-likeness (QED) is 0.863. The predicted octanol–water partition coefficient (Wildman–Crippen LogP) is 1.95. The van der Waals surface area contributed by atoms with Gasteiger partial charge >= 0.3 is 5.97 Å². The lowest BCUT2D eigenvalue weighted by atomic mass is 10.3. The number of nitrogens with zero attached hydrogens (tertiary/aromatic N) is 2. The number of anilines is 1. The number of imidazole rings is 1. The lowest BCUT2D eigenvalue weighted by Crippen LogP contribution is -2.08. The van der Waals surface area contributed by atoms with E-state index in [0.717, 1.165) is 5.69 Å². The smallest absolute Gasteiger partial charge is 0.360 e. The number of nitrogen functional groups attached to an aromatic ring is 1. The van der Waals surface area contributed by atoms with E-state index < -0.39 is 5.97 Å². The molecule has 20 heavy (non-hydrogen) atoms. The number of para-hydroxylation sites is 2. The largest absolute Gasteiger partial charge is 0.492 e. The fourth-order valence-electron chi connectivity index (χ4n) is 2.02. The number of ether oxygens (including phenoxy) is 2. The van der Waals surface area contributed by atoms with Gasteiger partial charge in [0, 0.05) is 0 Å². The third-order valence-corrected chi connectivity index (χ3v) is 2.87. The van der Waals surface area contributed by atoms with Gasteiger partial charge in [0.1, 0.15) is 17.4 Å². The molecule has 0 aliphatic carbocycles. The molecule has 0 aliphatic heterocycles. The van der Waals surface area contributed by atoms with Crippen LogP contribution in [0.15, 0.2) is 24.3 Å². The number of aromatic nitrogens is 2. The molecule has 0 aliphatic rings. The van der Waals surface area contributed by atoms with Crippen LogP contribution in [0.25, 0.3) is 5.69 Å². The molecule has 0 saturated heterocycles. The fraction of sp³-hybridized carbons (Fsp3) is 0.286. The van der Waals surface area contributed by atoms with Crippen molar-refractivity contribution in [2.45, 2.75) is 13.8 Å². The molecule has 0 radical (unpaired) electrons. The van der Waals surface area contributed by atoms with Crippen LogP contribution in [0.3, 0.4) is 0 Å². The van der Waals surface area contributed by atoms with Gasteiger partial charge in [-0.15, -0.1) is 0 Å². The van der Waals surface area contributed by atoms with Gasteiger partial charge in [0.2, 0.25) is 0 Å². The number of hydrogen-bond acceptors (Lipinski definition) is 5. The summed E-state index contributed by atoms with van der Waals surface area (Å²) in [5.74, 6) is 0.952. The topological polar surface area (TPSA) is 79.4 Å². The van der Waals surface area contributed by atoms with Crippen LogP contribution in [0.4, 0.5) is 5.82 Å². The molecule has 1 aromatic heterocycles. The van der Waals surface area contributed by atoms with Gasteiger partial charge in [-0.05, 0) is 26.0 Å². The minimum absolute atomic E-state index is 0.108. The van der Waals surface area contributed by atoms with Crippen LogP contribution in [-0.2, 0) is 4.74 Å². The molecule has 2 N–H and O–H groups in total. The number of aryl methyl sites for hydroxylation is 1. The molecule has 0 unspecified atom stereocenters. The molecular weight excluding hydrogens is 258 g/mol. The number of esters is 1. The van der Waals surface area contributed by atoms with Gasteiger partial charge in [0.05, 0.1) is 19.4 Å². The van der Waals surface area contributed by atoms with E-state index in [1.54, 1.807) is 11.5 Å². The molecule has 6 nitrogen and oxygen atoms in total. The number of carbonyl (C=O) groups is 1. The van der Waals surface area contributed by atoms with Gasteiger partial charge in [0.25, 0.3) is 0 Å². The van der Waals surface area contributed by atoms with Gasteiger partial charge in [-0.2, -0.15) is 0 Å². The van der Waals surface area contributed by atoms with Crippen molar-refractivity contribution < 1.29 is 14.3 Å². The zero-order chi connectivity index (χ0) is 14.7. The summed E-state index contributed by atoms with van der Waals surface area (Å²) in [5.41, 5.74) is 6.87. The molecule has 0 bridgehead atoms. The van der Waals surface area contributed by atoms with Crippen LogP contribution in [0.1, 0.15) is 23.2 Å². The molecular formula is C14H17N3O3. The second-order valence-corrected chi connectivity index (χ2v) is 4.12. The van der Waals surface area contributed by atoms with Crippen molar-refractivity contribution in [3.05, 3.63) is 35.8 Å². The first-order valence-corrected chi connectivity index (χ1v) is 6.25. The third-order valence-electron chi connectivity index (χ3n) is 2.87. The number of nitrogens with two attached hydrogens (primary N) is 1. The Hall–Kier alpha value is -2.50. The Kier molecular flexibility index (Phi) is 3.93. The summed E-state index contributed by atoms with van der Waals surface area (Å²) >= 11 is 0. The van der Waals surface area contributed by atoms with E-state index in [1.165, 1.54) is 7.11 Å². The summed E-state index contributed by atoms with van der Waals surface area (Å²) in [6.07, 6.45) is 0. The summed E-state index contributed by atoms with van der Waals surface area (Å²) in [6.45, 7) is 4.21. The maximum absolute atomic E-state index is 11.6. The lowest BCUT2D eigenvalue weighted by molar-refractivity contribution is 0.0596. The van der Waals surface area contributed by atoms with Crippen LogP contribution >= 0.6 is 0 Å². The Morgan fingerprint density at radius 3 is 2.75 bits per heavy atom. The Labute approximate surface area is 117 Å². The molecule has 1 aromatic carbocycles. The maximum atomic E-state index is 11.6. The van der Waals surface area contributed by atoms with Gasteiger partial charge < -0.3 is 15.2 Å². The molecule has 0 atom stereocenters. The summed E-state index contributed by atoms with van der Waals surface area (Å²) < 4.78 is 11.9. The normalized spacial score (nSPS) is 10.3. The Morgan fingerprint density at radius 2 is 2.10 bits per heavy atom. The van der Waals surface area contributed by atoms with Crippen LogP contribution in [-0.4, -0.2) is 29.2 Å². The maximum Gasteiger partial charge on any atom is 0.360 e. The van der Waals surface area contributed by atoms with E-state index in [2.05, 4.69) is 9.72 Å². The molecule has 0 amide bonds. The standard InChI is InChI=1S/C14H17N3O3/c1-4-20-11-8-6-5-7-10(11)17-9(2)16-12(13(17)15)14(18)19-3/h5-8H,4,15H2,1-3H3. The van der Waals surface area contributed by atoms with E-state index >= 15 is 0 Å². The number of methoxy groups -OCH3 is 1. The first kappa shape index (κ1) is 13.9. The number of benzene rings is 1. The van der Waals surface area contributed by atoms with E-state index in [1.807, 2.05) is 31.2 Å². The molecule has 106 valence electrons. The predicted molar refractivity (Wildman–Crippen MR) is 75.2 cm³/mol. The first-order chi connectivity index (χ1) is 9.60. The van der Waals surface area contributed by atoms with Crippen molar-refractivity contribution in [2.75, 3.05) is 19.5 Å². The second kappa shape index (κ2) is 5.64. The van der Waals surface area contributed by atoms with Crippen molar-refractivity contribution in [3.8, 4) is 11.4 Å². The van der Waals surface area contributed by atoms with E-state index in [-0.39, 0.29) is 11.5 Å². The average Bonchev–Trinajstić information content (AvgIpc) is 2.74. The van der Waals surface area contributed by atoms with E-state index in [9.17, 15) is 4.79 Å². The zero-order valence-electron chi connectivity index (χ0n) is 11.7. The Bertz CT molecular complexity index is 635. The monoisotopic (exact) mass is 275 g/mol. The minimum atomic E-state index is -0.557. The number of hydrogen-bond donors (Lipinski definition) is 1. The van der Waals surface area contributed by atoms with Crippen molar-refractivity contribution in [3.63, 3.8) is 0 Å². The fourth-order valence-corrected chi connectivity index (χ4v) is 2.02. The van der Waals surface area contributed by atoms with Crippen LogP contribution < -0.4 is 10.5 Å². The van der Waals surface area contributed by atoms with Gasteiger partial charge in [-0.3, -0.25) is 4.57 Å². The zero-order valence-corrected chi connectivity index (χ0v) is 11.7. The van der Waals surface area contributed by atoms with Crippen molar-refractivity contribution in [1.29, 1.82) is 0 Å². The summed E-state index contributed by atoms with van der Waals surface area (Å²) in [5, 5.41) is 0. The van der Waals surface area contributed by atoms with Crippen LogP contribution in [0.2, 0.25) is 0 Å². The molecule has 2 rings (SSSR count). The molecule has 0 fully saturated rings. The van der Waals surface area contributed by atoms with Gasteiger partial charge in [-0.25, -0.2) is 9.78 Å². The molecule has 0 saturated carbocycles. The number of carbonyl (C=O) groups excluding carboxylic acids is 1. The van der Waals surface area contributed by atoms with Crippen LogP contribution in [0.5, 0.6) is 5.75 Å². The highest BCUT2D eigenvalue weighted by Gasteiger charge is 2.21. The van der Waals surface area contributed by atoms with Gasteiger partial charge in [-0.1, -0.05) is 12.1 Å². The Balaban J connectivity index is 2.59. The molecule has 1 heterocycles. The second-order valence-electron chi connectivity index (χ2n) is 4.12. The SMILES string of the molecule is CCOc1ccccc1-n1c(C)nc(C(=O)OC)c1N. The summed E-state index contributed by atoms with van der Waals surface area (Å²) in [6, 6.07) is 7.44. The number of rotatable bonds is 4. The highest BCUT2D eigenvalue weighted by Crippen LogP contribution is 2.28. The summed E-state index contributed by atoms with van der Waals surface area (Å²) in [7, 11) is 1.30. The van der Waals surface area contributed by atoms with Crippen molar-refractivity contribution in [1.82, 2.24) is 9.55 Å². The molecule has 6 heteroatoms. The molecule has 2 aromatic rings. The summed E-state index contributed by atoms with van der Waals surface area (Å²) in [4.78, 5) is 15.8. The van der Waals surface area contributed by atoms with E-state index in [0.29, 0.717) is 18.2 Å². The third kappa shape index (κ3) is 2.32. The minimum Gasteiger partial charge on any atom is -0.492 e. The van der Waals surface area contributed by atoms with Crippen molar-refractivity contribution >= 4 is 11.8 Å². The lowest BCUT2D eigenvalue weighted by Gasteiger charge is -2.13. The molecule has 0 spiro atoms. The highest BCUT2D eigenvalue weighted by molar-refractivity contribution is 5.92. The first-order valence-electron chi connectivity index (χ1n) is 6.25. The van der Waals surface area contributed by atoms with Gasteiger partial charge in [0.15, 0.2) is 5.69 Å². The van der Waals surface area contributed by atoms with Crippen LogP contribution in [0, 0.1) is 6.92 Å².